The third-order valence-electron chi connectivity index (χ3n) is 24.7. The second kappa shape index (κ2) is 77.7. The van der Waals surface area contributed by atoms with Gasteiger partial charge in [-0.15, -0.1) is 0 Å². The number of carbonyl (C=O) groups is 5. The molecule has 10 atom stereocenters. The van der Waals surface area contributed by atoms with E-state index in [0.717, 1.165) is 145 Å². The zero-order chi connectivity index (χ0) is 86.1. The number of aliphatic hydroxyl groups excluding tert-OH is 3. The molecular weight excluding hydrogens is 1480 g/mol. The summed E-state index contributed by atoms with van der Waals surface area (Å²) in [4.78, 5) is 69.6. The monoisotopic (exact) mass is 1670 g/mol. The van der Waals surface area contributed by atoms with Crippen molar-refractivity contribution in [2.45, 2.75) is 580 Å². The number of rotatable bonds is 84. The van der Waals surface area contributed by atoms with Crippen LogP contribution in [-0.2, 0) is 61.9 Å². The van der Waals surface area contributed by atoms with Crippen molar-refractivity contribution in [3.05, 3.63) is 0 Å². The fraction of sp³-hybridized carbons (Fsp3) is 0.951. The maximum atomic E-state index is 14.3. The number of carbonyl (C=O) groups excluding carboxylic acids is 5. The molecule has 2 fully saturated rings. The van der Waals surface area contributed by atoms with Crippen LogP contribution in [0, 0.1) is 29.6 Å². The second-order valence-electron chi connectivity index (χ2n) is 38.8. The Bertz CT molecular complexity index is 2290. The highest BCUT2D eigenvalue weighted by Gasteiger charge is 2.55. The fourth-order valence-electron chi connectivity index (χ4n) is 16.9. The van der Waals surface area contributed by atoms with Gasteiger partial charge in [-0.05, 0) is 61.7 Å². The van der Waals surface area contributed by atoms with Crippen molar-refractivity contribution in [1.82, 2.24) is 0 Å². The molecule has 0 saturated carbocycles. The van der Waals surface area contributed by atoms with Gasteiger partial charge in [-0.2, -0.15) is 0 Å². The molecule has 0 radical (unpaired) electrons. The van der Waals surface area contributed by atoms with Gasteiger partial charge in [0.2, 0.25) is 6.29 Å². The molecule has 0 aromatic heterocycles. The Labute approximate surface area is 726 Å². The number of esters is 5. The first-order valence-corrected chi connectivity index (χ1v) is 51.1. The maximum absolute atomic E-state index is 14.3. The quantitative estimate of drug-likeness (QED) is 0.0293. The van der Waals surface area contributed by atoms with Crippen LogP contribution in [-0.4, -0.2) is 120 Å². The minimum atomic E-state index is -1.88. The molecule has 16 heteroatoms. The molecule has 0 unspecified atom stereocenters. The van der Waals surface area contributed by atoms with Crippen molar-refractivity contribution < 1.29 is 77.2 Å². The summed E-state index contributed by atoms with van der Waals surface area (Å²) in [6.07, 6.45) is 58.1. The maximum Gasteiger partial charge on any atom is 0.306 e. The van der Waals surface area contributed by atoms with Gasteiger partial charge in [0.25, 0.3) is 0 Å². The van der Waals surface area contributed by atoms with Crippen molar-refractivity contribution in [3.63, 3.8) is 0 Å². The molecule has 0 bridgehead atoms. The van der Waals surface area contributed by atoms with E-state index in [-0.39, 0.29) is 32.1 Å². The third kappa shape index (κ3) is 64.8. The molecule has 696 valence electrons. The molecular formula is C102H192O16. The first-order valence-electron chi connectivity index (χ1n) is 51.1. The van der Waals surface area contributed by atoms with E-state index in [1.54, 1.807) is 0 Å². The summed E-state index contributed by atoms with van der Waals surface area (Å²) >= 11 is 0. The van der Waals surface area contributed by atoms with Gasteiger partial charge in [0.15, 0.2) is 24.6 Å². The van der Waals surface area contributed by atoms with Gasteiger partial charge in [0, 0.05) is 32.1 Å². The molecule has 0 spiro atoms. The first kappa shape index (κ1) is 111. The average Bonchev–Trinajstić information content (AvgIpc) is 0.777. The molecule has 2 rings (SSSR count). The Hall–Kier alpha value is -2.89. The van der Waals surface area contributed by atoms with Gasteiger partial charge >= 0.3 is 29.8 Å². The molecule has 2 aliphatic heterocycles. The van der Waals surface area contributed by atoms with Crippen LogP contribution in [0.25, 0.3) is 0 Å². The summed E-state index contributed by atoms with van der Waals surface area (Å²) in [5, 5.41) is 36.9. The topological polar surface area (TPSA) is 220 Å². The molecule has 118 heavy (non-hydrogen) atoms. The van der Waals surface area contributed by atoms with Crippen molar-refractivity contribution in [3.8, 4) is 0 Å². The number of ether oxygens (including phenoxy) is 8. The molecule has 0 aromatic carbocycles. The molecule has 0 aromatic rings. The van der Waals surface area contributed by atoms with E-state index in [1.807, 2.05) is 0 Å². The van der Waals surface area contributed by atoms with E-state index >= 15 is 0 Å². The van der Waals surface area contributed by atoms with Crippen molar-refractivity contribution in [2.24, 2.45) is 29.6 Å². The summed E-state index contributed by atoms with van der Waals surface area (Å²) < 4.78 is 49.8. The molecule has 2 aliphatic rings. The Morgan fingerprint density at radius 3 is 0.627 bits per heavy atom. The van der Waals surface area contributed by atoms with Crippen molar-refractivity contribution in [2.75, 3.05) is 13.2 Å². The Morgan fingerprint density at radius 1 is 0.220 bits per heavy atom. The molecule has 0 amide bonds. The van der Waals surface area contributed by atoms with Crippen LogP contribution < -0.4 is 0 Å². The second-order valence-corrected chi connectivity index (χ2v) is 38.8. The molecule has 2 saturated heterocycles. The van der Waals surface area contributed by atoms with Crippen LogP contribution in [0.1, 0.15) is 519 Å². The summed E-state index contributed by atoms with van der Waals surface area (Å²) in [5.41, 5.74) is 0. The molecule has 16 nitrogen and oxygen atoms in total. The zero-order valence-electron chi connectivity index (χ0n) is 78.7. The van der Waals surface area contributed by atoms with Gasteiger partial charge in [0.05, 0.1) is 0 Å². The standard InChI is InChI=1S/C102H192O16/c1-83(2)71-61-51-41-31-21-11-16-26-36-46-56-66-76-90(103)111-81-88-95(108)98(115-92(105)78-68-58-48-38-28-18-13-23-33-43-53-63-73-85(5)6)97(110)101(113-88)118-102-100(117-94(107)80-70-60-50-40-30-20-15-25-35-45-55-65-75-87(9)10)99(116-93(106)79-69-59-49-39-29-19-14-24-34-44-54-64-74-86(7)8)96(109)89(114-102)82-112-91(104)77-67-57-47-37-27-17-12-22-32-42-52-62-72-84(3)4/h83-89,95-102,108-110H,11-82H2,1-10H3/t88-,89-,95-,96-,97-,98+,99+,100-,101-,102-/m1/s1. The third-order valence-corrected chi connectivity index (χ3v) is 24.7. The SMILES string of the molecule is CC(C)CCCCCCCCCCCCCCC(=O)OC[C@H]1O[C@H](O[C@H]2O[C@H](COC(=O)CCCCCCCCCCCCCCC(C)C)[C@@H](O)[C@H](OC(=O)CCCCCCCCCCCCCCC(C)C)[C@H]2OC(=O)CCCCCCCCCCCCCCC(C)C)[C@H](O)[C@@H](OC(=O)CCCCCCCCCCCCCCC(C)C)[C@@H]1O. The highest BCUT2D eigenvalue weighted by Crippen LogP contribution is 2.35. The van der Waals surface area contributed by atoms with E-state index in [0.29, 0.717) is 32.1 Å². The van der Waals surface area contributed by atoms with E-state index in [2.05, 4.69) is 69.2 Å². The molecule has 0 aliphatic carbocycles. The van der Waals surface area contributed by atoms with Crippen LogP contribution in [0.3, 0.4) is 0 Å². The van der Waals surface area contributed by atoms with E-state index < -0.39 is 104 Å². The minimum Gasteiger partial charge on any atom is -0.463 e. The highest BCUT2D eigenvalue weighted by molar-refractivity contribution is 5.71. The number of hydrogen-bond acceptors (Lipinski definition) is 16. The van der Waals surface area contributed by atoms with Gasteiger partial charge in [0.1, 0.15) is 43.7 Å². The largest absolute Gasteiger partial charge is 0.463 e. The summed E-state index contributed by atoms with van der Waals surface area (Å²) in [7, 11) is 0. The lowest BCUT2D eigenvalue weighted by Gasteiger charge is -2.46. The van der Waals surface area contributed by atoms with E-state index in [9.17, 15) is 39.3 Å². The van der Waals surface area contributed by atoms with Gasteiger partial charge in [-0.25, -0.2) is 0 Å². The molecule has 3 N–H and O–H groups in total. The molecule has 2 heterocycles. The van der Waals surface area contributed by atoms with Crippen molar-refractivity contribution in [1.29, 1.82) is 0 Å². The Kier molecular flexibility index (Phi) is 73.2. The lowest BCUT2D eigenvalue weighted by molar-refractivity contribution is -0.377. The van der Waals surface area contributed by atoms with Crippen LogP contribution in [0.4, 0.5) is 0 Å². The van der Waals surface area contributed by atoms with Gasteiger partial charge in [-0.1, -0.05) is 454 Å². The Balaban J connectivity index is 2.40. The first-order chi connectivity index (χ1) is 57.2. The van der Waals surface area contributed by atoms with Crippen LogP contribution in [0.5, 0.6) is 0 Å². The summed E-state index contributed by atoms with van der Waals surface area (Å²) in [6.45, 7) is 22.0. The van der Waals surface area contributed by atoms with Crippen LogP contribution >= 0.6 is 0 Å². The Morgan fingerprint density at radius 2 is 0.398 bits per heavy atom. The van der Waals surface area contributed by atoms with Crippen molar-refractivity contribution >= 4 is 29.8 Å². The number of aliphatic hydroxyl groups is 3. The predicted molar refractivity (Wildman–Crippen MR) is 485 cm³/mol. The smallest absolute Gasteiger partial charge is 0.306 e. The normalized spacial score (nSPS) is 19.6. The van der Waals surface area contributed by atoms with Gasteiger partial charge < -0.3 is 53.2 Å². The number of hydrogen-bond donors (Lipinski definition) is 3. The predicted octanol–water partition coefficient (Wildman–Crippen LogP) is 27.9. The van der Waals surface area contributed by atoms with E-state index in [4.69, 9.17) is 37.9 Å². The number of unbranched alkanes of at least 4 members (excludes halogenated alkanes) is 55. The average molecular weight is 1670 g/mol. The minimum absolute atomic E-state index is 0.00702. The highest BCUT2D eigenvalue weighted by atomic mass is 16.8. The van der Waals surface area contributed by atoms with Crippen LogP contribution in [0.2, 0.25) is 0 Å². The lowest BCUT2D eigenvalue weighted by Crippen LogP contribution is -2.65. The van der Waals surface area contributed by atoms with Crippen LogP contribution in [0.15, 0.2) is 0 Å². The summed E-state index contributed by atoms with van der Waals surface area (Å²) in [5.74, 6) is 0.925. The van der Waals surface area contributed by atoms with Gasteiger partial charge in [-0.3, -0.25) is 24.0 Å². The fourth-order valence-corrected chi connectivity index (χ4v) is 16.9. The summed E-state index contributed by atoms with van der Waals surface area (Å²) in [6, 6.07) is 0. The lowest BCUT2D eigenvalue weighted by atomic mass is 9.97. The zero-order valence-corrected chi connectivity index (χ0v) is 78.7. The van der Waals surface area contributed by atoms with E-state index in [1.165, 1.54) is 270 Å².